The molecule has 7 heteroatoms. The summed E-state index contributed by atoms with van der Waals surface area (Å²) in [5.41, 5.74) is 8.23. The summed E-state index contributed by atoms with van der Waals surface area (Å²) in [6.07, 6.45) is 0. The van der Waals surface area contributed by atoms with Crippen LogP contribution >= 0.6 is 0 Å². The summed E-state index contributed by atoms with van der Waals surface area (Å²) >= 11 is 0. The van der Waals surface area contributed by atoms with Crippen molar-refractivity contribution in [3.05, 3.63) is 118 Å². The van der Waals surface area contributed by atoms with E-state index in [9.17, 15) is 9.59 Å². The van der Waals surface area contributed by atoms with Crippen LogP contribution < -0.4 is 10.6 Å². The second kappa shape index (κ2) is 13.4. The number of rotatable bonds is 6. The first kappa shape index (κ1) is 29.3. The third-order valence-electron chi connectivity index (χ3n) is 6.06. The summed E-state index contributed by atoms with van der Waals surface area (Å²) in [6, 6.07) is 25.7. The molecule has 0 unspecified atom stereocenters. The number of carboxylic acid groups (broad SMARTS) is 2. The number of aromatic carboxylic acids is 2. The molecule has 4 aromatic carbocycles. The summed E-state index contributed by atoms with van der Waals surface area (Å²) in [6.45, 7) is 8.09. The van der Waals surface area contributed by atoms with E-state index in [0.29, 0.717) is 11.4 Å². The molecule has 186 valence electrons. The second-order valence-electron chi connectivity index (χ2n) is 8.45. The van der Waals surface area contributed by atoms with Crippen molar-refractivity contribution < 1.29 is 39.3 Å². The van der Waals surface area contributed by atoms with Gasteiger partial charge >= 0.3 is 11.9 Å². The first-order valence-corrected chi connectivity index (χ1v) is 11.5. The minimum atomic E-state index is -0.927. The zero-order chi connectivity index (χ0) is 26.2. The first-order valence-electron chi connectivity index (χ1n) is 11.5. The van der Waals surface area contributed by atoms with Gasteiger partial charge in [-0.25, -0.2) is 9.59 Å². The van der Waals surface area contributed by atoms with Crippen molar-refractivity contribution in [2.24, 2.45) is 0 Å². The van der Waals surface area contributed by atoms with E-state index in [1.54, 1.807) is 36.4 Å². The summed E-state index contributed by atoms with van der Waals surface area (Å²) in [5, 5.41) is 24.6. The molecule has 0 radical (unpaired) electrons. The van der Waals surface area contributed by atoms with Crippen LogP contribution in [0.25, 0.3) is 0 Å². The molecule has 0 atom stereocenters. The van der Waals surface area contributed by atoms with Crippen molar-refractivity contribution in [1.82, 2.24) is 0 Å². The number of aryl methyl sites for hydroxylation is 2. The largest absolute Gasteiger partial charge is 0.478 e. The SMILES string of the molecule is Cc1cccc(Nc2ccccc2C(=O)O)c1C.Cc1cccc(Nc2ccccc2C(=O)O)c1C.[Zn]. The van der Waals surface area contributed by atoms with Gasteiger partial charge in [0.2, 0.25) is 0 Å². The predicted molar refractivity (Wildman–Crippen MR) is 145 cm³/mol. The maximum Gasteiger partial charge on any atom is 0.337 e. The number of carboxylic acids is 2. The molecule has 0 aliphatic carbocycles. The number of nitrogens with one attached hydrogen (secondary N) is 2. The van der Waals surface area contributed by atoms with E-state index in [0.717, 1.165) is 22.5 Å². The Hall–Kier alpha value is -3.96. The van der Waals surface area contributed by atoms with Gasteiger partial charge in [0.25, 0.3) is 0 Å². The molecule has 0 heterocycles. The van der Waals surface area contributed by atoms with Crippen molar-refractivity contribution in [2.75, 3.05) is 10.6 Å². The van der Waals surface area contributed by atoms with Gasteiger partial charge in [0.15, 0.2) is 0 Å². The van der Waals surface area contributed by atoms with Gasteiger partial charge in [-0.1, -0.05) is 48.5 Å². The molecule has 37 heavy (non-hydrogen) atoms. The average molecular weight is 548 g/mol. The molecule has 4 rings (SSSR count). The van der Waals surface area contributed by atoms with E-state index in [-0.39, 0.29) is 30.6 Å². The molecule has 0 fully saturated rings. The minimum Gasteiger partial charge on any atom is -0.478 e. The monoisotopic (exact) mass is 546 g/mol. The quantitative estimate of drug-likeness (QED) is 0.187. The fourth-order valence-electron chi connectivity index (χ4n) is 3.62. The van der Waals surface area contributed by atoms with Gasteiger partial charge in [-0.3, -0.25) is 0 Å². The molecular weight excluding hydrogens is 518 g/mol. The average Bonchev–Trinajstić information content (AvgIpc) is 2.86. The normalized spacial score (nSPS) is 9.84. The van der Waals surface area contributed by atoms with Crippen LogP contribution in [-0.4, -0.2) is 22.2 Å². The van der Waals surface area contributed by atoms with Crippen LogP contribution in [0.15, 0.2) is 84.9 Å². The molecular formula is C30H30N2O4Zn. The molecule has 0 aliphatic rings. The van der Waals surface area contributed by atoms with Crippen molar-refractivity contribution in [2.45, 2.75) is 27.7 Å². The van der Waals surface area contributed by atoms with Crippen LogP contribution in [0.1, 0.15) is 43.0 Å². The van der Waals surface area contributed by atoms with Gasteiger partial charge in [-0.05, 0) is 86.3 Å². The van der Waals surface area contributed by atoms with Crippen molar-refractivity contribution in [3.63, 3.8) is 0 Å². The maximum atomic E-state index is 11.1. The summed E-state index contributed by atoms with van der Waals surface area (Å²) in [7, 11) is 0. The number of hydrogen-bond acceptors (Lipinski definition) is 4. The van der Waals surface area contributed by atoms with Gasteiger partial charge < -0.3 is 20.8 Å². The Bertz CT molecular complexity index is 1300. The molecule has 0 aromatic heterocycles. The third kappa shape index (κ3) is 7.51. The summed E-state index contributed by atoms with van der Waals surface area (Å²) in [4.78, 5) is 22.2. The van der Waals surface area contributed by atoms with E-state index in [2.05, 4.69) is 10.6 Å². The molecule has 0 bridgehead atoms. The van der Waals surface area contributed by atoms with Crippen molar-refractivity contribution >= 4 is 34.7 Å². The van der Waals surface area contributed by atoms with Gasteiger partial charge in [0.1, 0.15) is 0 Å². The smallest absolute Gasteiger partial charge is 0.337 e. The molecule has 4 aromatic rings. The van der Waals surface area contributed by atoms with Crippen molar-refractivity contribution in [1.29, 1.82) is 0 Å². The standard InChI is InChI=1S/2C15H15NO2.Zn/c2*1-10-6-5-9-13(11(10)2)16-14-8-4-3-7-12(14)15(17)18;/h2*3-9,16H,1-2H3,(H,17,18);. The Morgan fingerprint density at radius 1 is 0.514 bits per heavy atom. The van der Waals surface area contributed by atoms with Gasteiger partial charge in [0.05, 0.1) is 22.5 Å². The Labute approximate surface area is 230 Å². The minimum absolute atomic E-state index is 0. The first-order chi connectivity index (χ1) is 17.2. The fraction of sp³-hybridized carbons (Fsp3) is 0.133. The molecule has 4 N–H and O–H groups in total. The van der Waals surface area contributed by atoms with Crippen molar-refractivity contribution in [3.8, 4) is 0 Å². The third-order valence-corrected chi connectivity index (χ3v) is 6.06. The van der Waals surface area contributed by atoms with E-state index in [1.807, 2.05) is 76.2 Å². The Balaban J connectivity index is 0.000000253. The predicted octanol–water partition coefficient (Wildman–Crippen LogP) is 7.49. The summed E-state index contributed by atoms with van der Waals surface area (Å²) in [5.74, 6) is -1.85. The van der Waals surface area contributed by atoms with E-state index in [1.165, 1.54) is 11.1 Å². The molecule has 6 nitrogen and oxygen atoms in total. The maximum absolute atomic E-state index is 11.1. The summed E-state index contributed by atoms with van der Waals surface area (Å²) < 4.78 is 0. The van der Waals surface area contributed by atoms with E-state index < -0.39 is 11.9 Å². The number of benzene rings is 4. The second-order valence-corrected chi connectivity index (χ2v) is 8.45. The molecule has 0 aliphatic heterocycles. The molecule has 0 saturated carbocycles. The van der Waals surface area contributed by atoms with Crippen LogP contribution in [0.2, 0.25) is 0 Å². The van der Waals surface area contributed by atoms with E-state index in [4.69, 9.17) is 10.2 Å². The Morgan fingerprint density at radius 3 is 1.19 bits per heavy atom. The number of hydrogen-bond donors (Lipinski definition) is 4. The fourth-order valence-corrected chi connectivity index (χ4v) is 3.62. The van der Waals surface area contributed by atoms with Crippen LogP contribution in [0, 0.1) is 27.7 Å². The zero-order valence-corrected chi connectivity index (χ0v) is 24.5. The molecule has 0 saturated heterocycles. The van der Waals surface area contributed by atoms with E-state index >= 15 is 0 Å². The zero-order valence-electron chi connectivity index (χ0n) is 21.5. The number of carbonyl (C=O) groups is 2. The van der Waals surface area contributed by atoms with Gasteiger partial charge in [0, 0.05) is 30.9 Å². The van der Waals surface area contributed by atoms with Crippen LogP contribution in [-0.2, 0) is 19.5 Å². The van der Waals surface area contributed by atoms with Crippen LogP contribution in [0.3, 0.4) is 0 Å². The van der Waals surface area contributed by atoms with Crippen LogP contribution in [0.4, 0.5) is 22.7 Å². The number of para-hydroxylation sites is 2. The Morgan fingerprint density at radius 2 is 0.838 bits per heavy atom. The van der Waals surface area contributed by atoms with Crippen LogP contribution in [0.5, 0.6) is 0 Å². The number of anilines is 4. The Kier molecular flexibility index (Phi) is 10.6. The topological polar surface area (TPSA) is 98.7 Å². The molecule has 0 spiro atoms. The van der Waals surface area contributed by atoms with Gasteiger partial charge in [-0.15, -0.1) is 0 Å². The molecule has 0 amide bonds. The van der Waals surface area contributed by atoms with Gasteiger partial charge in [-0.2, -0.15) is 0 Å².